The summed E-state index contributed by atoms with van der Waals surface area (Å²) in [5.41, 5.74) is 1.55. The van der Waals surface area contributed by atoms with Crippen molar-refractivity contribution in [3.63, 3.8) is 0 Å². The van der Waals surface area contributed by atoms with Crippen LogP contribution >= 0.6 is 0 Å². The summed E-state index contributed by atoms with van der Waals surface area (Å²) in [5, 5.41) is 10.1. The van der Waals surface area contributed by atoms with Gasteiger partial charge in [0, 0.05) is 23.1 Å². The highest BCUT2D eigenvalue weighted by atomic mass is 16.5. The molecule has 6 heteroatoms. The molecule has 0 unspecified atom stereocenters. The molecule has 0 amide bonds. The highest BCUT2D eigenvalue weighted by Gasteiger charge is 2.11. The van der Waals surface area contributed by atoms with Gasteiger partial charge in [0.15, 0.2) is 0 Å². The zero-order valence-corrected chi connectivity index (χ0v) is 15.1. The van der Waals surface area contributed by atoms with Crippen molar-refractivity contribution in [2.75, 3.05) is 0 Å². The van der Waals surface area contributed by atoms with E-state index in [9.17, 15) is 14.7 Å². The molecule has 0 saturated heterocycles. The lowest BCUT2D eigenvalue weighted by Crippen LogP contribution is -2.08. The summed E-state index contributed by atoms with van der Waals surface area (Å²) in [5.74, 6) is -0.507. The van der Waals surface area contributed by atoms with Gasteiger partial charge in [-0.2, -0.15) is 0 Å². The third-order valence-electron chi connectivity index (χ3n) is 3.95. The average molecular weight is 368 g/mol. The molecule has 0 spiro atoms. The average Bonchev–Trinajstić information content (AvgIpc) is 2.64. The van der Waals surface area contributed by atoms with Crippen LogP contribution in [-0.2, 0) is 22.7 Å². The summed E-state index contributed by atoms with van der Waals surface area (Å²) >= 11 is 0. The first kappa shape index (κ1) is 18.7. The second-order valence-electron chi connectivity index (χ2n) is 6.40. The van der Waals surface area contributed by atoms with Crippen LogP contribution in [0.25, 0.3) is 11.0 Å². The third kappa shape index (κ3) is 4.74. The first-order valence-corrected chi connectivity index (χ1v) is 8.56. The van der Waals surface area contributed by atoms with Gasteiger partial charge in [0.2, 0.25) is 0 Å². The van der Waals surface area contributed by atoms with Gasteiger partial charge in [0.1, 0.15) is 17.9 Å². The van der Waals surface area contributed by atoms with Gasteiger partial charge >= 0.3 is 11.6 Å². The minimum absolute atomic E-state index is 0.0127. The highest BCUT2D eigenvalue weighted by molar-refractivity contribution is 5.89. The molecule has 1 N–H and O–H groups in total. The maximum atomic E-state index is 12.3. The predicted octanol–water partition coefficient (Wildman–Crippen LogP) is 3.78. The van der Waals surface area contributed by atoms with Crippen molar-refractivity contribution in [3.05, 3.63) is 75.6 Å². The molecule has 140 valence electrons. The second kappa shape index (κ2) is 8.05. The normalized spacial score (nSPS) is 11.1. The quantitative estimate of drug-likeness (QED) is 0.526. The van der Waals surface area contributed by atoms with E-state index >= 15 is 0 Å². The Labute approximate surface area is 156 Å². The number of carbonyl (C=O) groups excluding carboxylic acids is 1. The molecule has 2 aromatic carbocycles. The number of hydrogen-bond acceptors (Lipinski definition) is 6. The van der Waals surface area contributed by atoms with E-state index in [2.05, 4.69) is 0 Å². The monoisotopic (exact) mass is 368 g/mol. The van der Waals surface area contributed by atoms with Crippen molar-refractivity contribution in [2.45, 2.75) is 33.2 Å². The maximum Gasteiger partial charge on any atom is 0.338 e. The van der Waals surface area contributed by atoms with Crippen LogP contribution in [0.4, 0.5) is 0 Å². The molecule has 1 heterocycles. The van der Waals surface area contributed by atoms with Crippen molar-refractivity contribution in [1.29, 1.82) is 0 Å². The zero-order valence-electron chi connectivity index (χ0n) is 15.1. The molecule has 3 rings (SSSR count). The van der Waals surface area contributed by atoms with Crippen LogP contribution in [0.3, 0.4) is 0 Å². The molecule has 0 atom stereocenters. The molecular weight excluding hydrogens is 348 g/mol. The van der Waals surface area contributed by atoms with Gasteiger partial charge in [-0.3, -0.25) is 0 Å². The summed E-state index contributed by atoms with van der Waals surface area (Å²) < 4.78 is 15.9. The fourth-order valence-electron chi connectivity index (χ4n) is 2.56. The largest absolute Gasteiger partial charge is 0.508 e. The molecule has 0 saturated carbocycles. The van der Waals surface area contributed by atoms with Crippen molar-refractivity contribution in [2.24, 2.45) is 0 Å². The van der Waals surface area contributed by atoms with E-state index < -0.39 is 11.6 Å². The Hall–Kier alpha value is -3.12. The Bertz CT molecular complexity index is 1000. The van der Waals surface area contributed by atoms with Crippen LogP contribution in [0, 0.1) is 0 Å². The Balaban J connectivity index is 1.70. The number of fused-ring (bicyclic) bond motifs is 1. The number of phenolic OH excluding ortho intramolecular Hbond substituents is 1. The van der Waals surface area contributed by atoms with E-state index in [0.29, 0.717) is 23.1 Å². The summed E-state index contributed by atoms with van der Waals surface area (Å²) in [7, 11) is 0. The maximum absolute atomic E-state index is 12.3. The van der Waals surface area contributed by atoms with Gasteiger partial charge in [0.05, 0.1) is 18.3 Å². The standard InChI is InChI=1S/C21H20O6/c1-13(2)25-11-14-3-5-15(6-4-14)21(24)26-12-16-9-20(23)27-19-10-17(22)7-8-18(16)19/h3-10,13,22H,11-12H2,1-2H3. The van der Waals surface area contributed by atoms with E-state index in [1.54, 1.807) is 18.2 Å². The Morgan fingerprint density at radius 2 is 1.81 bits per heavy atom. The number of benzene rings is 2. The van der Waals surface area contributed by atoms with Crippen LogP contribution in [0.5, 0.6) is 5.75 Å². The van der Waals surface area contributed by atoms with Crippen LogP contribution in [0.2, 0.25) is 0 Å². The van der Waals surface area contributed by atoms with Crippen molar-refractivity contribution < 1.29 is 23.8 Å². The van der Waals surface area contributed by atoms with E-state index in [4.69, 9.17) is 13.9 Å². The smallest absolute Gasteiger partial charge is 0.338 e. The van der Waals surface area contributed by atoms with Crippen molar-refractivity contribution >= 4 is 16.9 Å². The third-order valence-corrected chi connectivity index (χ3v) is 3.95. The zero-order chi connectivity index (χ0) is 19.4. The Kier molecular flexibility index (Phi) is 5.57. The lowest BCUT2D eigenvalue weighted by atomic mass is 10.1. The lowest BCUT2D eigenvalue weighted by Gasteiger charge is -2.09. The SMILES string of the molecule is CC(C)OCc1ccc(C(=O)OCc2cc(=O)oc3cc(O)ccc23)cc1. The first-order chi connectivity index (χ1) is 12.9. The van der Waals surface area contributed by atoms with Crippen LogP contribution in [-0.4, -0.2) is 17.2 Å². The Morgan fingerprint density at radius 3 is 2.52 bits per heavy atom. The number of rotatable bonds is 6. The fraction of sp³-hybridized carbons (Fsp3) is 0.238. The fourth-order valence-corrected chi connectivity index (χ4v) is 2.56. The molecule has 27 heavy (non-hydrogen) atoms. The predicted molar refractivity (Wildman–Crippen MR) is 99.6 cm³/mol. The lowest BCUT2D eigenvalue weighted by molar-refractivity contribution is 0.0473. The van der Waals surface area contributed by atoms with Gasteiger partial charge in [0.25, 0.3) is 0 Å². The van der Waals surface area contributed by atoms with Crippen molar-refractivity contribution in [1.82, 2.24) is 0 Å². The molecule has 0 bridgehead atoms. The van der Waals surface area contributed by atoms with E-state index in [1.807, 2.05) is 26.0 Å². The summed E-state index contributed by atoms with van der Waals surface area (Å²) in [6.45, 7) is 4.32. The molecule has 0 aliphatic carbocycles. The molecule has 0 radical (unpaired) electrons. The van der Waals surface area contributed by atoms with Crippen LogP contribution in [0.15, 0.2) is 57.7 Å². The number of phenols is 1. The Morgan fingerprint density at radius 1 is 1.07 bits per heavy atom. The highest BCUT2D eigenvalue weighted by Crippen LogP contribution is 2.22. The molecule has 0 aliphatic rings. The number of aromatic hydroxyl groups is 1. The van der Waals surface area contributed by atoms with E-state index in [-0.39, 0.29) is 24.0 Å². The van der Waals surface area contributed by atoms with Gasteiger partial charge in [-0.15, -0.1) is 0 Å². The van der Waals surface area contributed by atoms with Crippen molar-refractivity contribution in [3.8, 4) is 5.75 Å². The molecule has 3 aromatic rings. The number of esters is 1. The van der Waals surface area contributed by atoms with Gasteiger partial charge < -0.3 is 19.0 Å². The van der Waals surface area contributed by atoms with Crippen LogP contribution < -0.4 is 5.63 Å². The molecule has 6 nitrogen and oxygen atoms in total. The second-order valence-corrected chi connectivity index (χ2v) is 6.40. The van der Waals surface area contributed by atoms with E-state index in [0.717, 1.165) is 5.56 Å². The minimum atomic E-state index is -0.575. The topological polar surface area (TPSA) is 86.0 Å². The molecule has 0 fully saturated rings. The minimum Gasteiger partial charge on any atom is -0.508 e. The molecule has 1 aromatic heterocycles. The summed E-state index contributed by atoms with van der Waals surface area (Å²) in [6.07, 6.45) is 0.134. The van der Waals surface area contributed by atoms with Crippen LogP contribution in [0.1, 0.15) is 35.3 Å². The van der Waals surface area contributed by atoms with Gasteiger partial charge in [-0.25, -0.2) is 9.59 Å². The molecular formula is C21H20O6. The number of carbonyl (C=O) groups is 1. The molecule has 0 aliphatic heterocycles. The van der Waals surface area contributed by atoms with Gasteiger partial charge in [-0.1, -0.05) is 12.1 Å². The summed E-state index contributed by atoms with van der Waals surface area (Å²) in [6, 6.07) is 12.7. The number of ether oxygens (including phenoxy) is 2. The first-order valence-electron chi connectivity index (χ1n) is 8.56. The van der Waals surface area contributed by atoms with E-state index in [1.165, 1.54) is 18.2 Å². The number of hydrogen-bond donors (Lipinski definition) is 1. The summed E-state index contributed by atoms with van der Waals surface area (Å²) in [4.78, 5) is 24.0. The van der Waals surface area contributed by atoms with Gasteiger partial charge in [-0.05, 0) is 43.7 Å².